The van der Waals surface area contributed by atoms with Gasteiger partial charge in [0.1, 0.15) is 0 Å². The molecule has 4 heteroatoms. The Balaban J connectivity index is 1.82. The van der Waals surface area contributed by atoms with Gasteiger partial charge < -0.3 is 10.4 Å². The van der Waals surface area contributed by atoms with Gasteiger partial charge in [0.05, 0.1) is 11.8 Å². The largest absolute Gasteiger partial charge is 0.392 e. The lowest BCUT2D eigenvalue weighted by atomic mass is 10.2. The summed E-state index contributed by atoms with van der Waals surface area (Å²) in [6.07, 6.45) is 4.90. The summed E-state index contributed by atoms with van der Waals surface area (Å²) in [6, 6.07) is 2.26. The van der Waals surface area contributed by atoms with Gasteiger partial charge in [-0.15, -0.1) is 0 Å². The molecule has 0 bridgehead atoms. The number of hydrogen-bond acceptors (Lipinski definition) is 3. The number of aromatic nitrogens is 2. The third kappa shape index (κ3) is 2.13. The first kappa shape index (κ1) is 9.68. The molecule has 1 fully saturated rings. The zero-order valence-electron chi connectivity index (χ0n) is 8.48. The average molecular weight is 195 g/mol. The molecule has 0 aliphatic heterocycles. The topological polar surface area (TPSA) is 50.1 Å². The van der Waals surface area contributed by atoms with Crippen LogP contribution in [0.1, 0.15) is 25.0 Å². The summed E-state index contributed by atoms with van der Waals surface area (Å²) >= 11 is 0. The van der Waals surface area contributed by atoms with Crippen molar-refractivity contribution in [1.29, 1.82) is 0 Å². The Labute approximate surface area is 83.9 Å². The van der Waals surface area contributed by atoms with Crippen LogP contribution >= 0.6 is 0 Å². The normalized spacial score (nSPS) is 27.0. The van der Waals surface area contributed by atoms with Gasteiger partial charge in [-0.1, -0.05) is 0 Å². The molecule has 0 spiro atoms. The van der Waals surface area contributed by atoms with Crippen LogP contribution < -0.4 is 5.32 Å². The Morgan fingerprint density at radius 2 is 2.50 bits per heavy atom. The Morgan fingerprint density at radius 1 is 1.64 bits per heavy atom. The van der Waals surface area contributed by atoms with E-state index < -0.39 is 0 Å². The summed E-state index contributed by atoms with van der Waals surface area (Å²) in [5, 5.41) is 17.2. The van der Waals surface area contributed by atoms with E-state index in [0.29, 0.717) is 0 Å². The van der Waals surface area contributed by atoms with E-state index in [-0.39, 0.29) is 12.1 Å². The fourth-order valence-electron chi connectivity index (χ4n) is 1.97. The van der Waals surface area contributed by atoms with Crippen molar-refractivity contribution in [3.63, 3.8) is 0 Å². The van der Waals surface area contributed by atoms with Gasteiger partial charge in [0, 0.05) is 25.8 Å². The van der Waals surface area contributed by atoms with Crippen LogP contribution in [0, 0.1) is 0 Å². The van der Waals surface area contributed by atoms with Crippen molar-refractivity contribution >= 4 is 0 Å². The summed E-state index contributed by atoms with van der Waals surface area (Å²) in [5.41, 5.74) is 1.03. The Kier molecular flexibility index (Phi) is 2.84. The molecule has 1 heterocycles. The zero-order chi connectivity index (χ0) is 9.97. The lowest BCUT2D eigenvalue weighted by molar-refractivity contribution is 0.148. The highest BCUT2D eigenvalue weighted by Gasteiger charge is 2.24. The Hall–Kier alpha value is -0.870. The van der Waals surface area contributed by atoms with Crippen LogP contribution in [-0.2, 0) is 13.6 Å². The van der Waals surface area contributed by atoms with Crippen LogP contribution in [0.3, 0.4) is 0 Å². The number of rotatable bonds is 3. The smallest absolute Gasteiger partial charge is 0.0762 e. The van der Waals surface area contributed by atoms with Crippen LogP contribution in [-0.4, -0.2) is 27.0 Å². The number of aliphatic hydroxyl groups is 1. The highest BCUT2D eigenvalue weighted by atomic mass is 16.3. The molecule has 0 saturated heterocycles. The summed E-state index contributed by atoms with van der Waals surface area (Å²) in [4.78, 5) is 0. The Bertz CT molecular complexity index is 297. The maximum atomic E-state index is 9.58. The lowest BCUT2D eigenvalue weighted by Crippen LogP contribution is -2.35. The molecule has 1 saturated carbocycles. The lowest BCUT2D eigenvalue weighted by Gasteiger charge is -2.15. The van der Waals surface area contributed by atoms with E-state index in [0.717, 1.165) is 31.5 Å². The second-order valence-corrected chi connectivity index (χ2v) is 3.97. The van der Waals surface area contributed by atoms with Crippen molar-refractivity contribution in [2.45, 2.75) is 38.0 Å². The summed E-state index contributed by atoms with van der Waals surface area (Å²) in [7, 11) is 1.91. The standard InChI is InChI=1S/C10H17N3O/c1-13-6-5-8(12-13)7-11-9-3-2-4-10(9)14/h5-6,9-11,14H,2-4,7H2,1H3/t9-,10-/m1/s1. The molecule has 14 heavy (non-hydrogen) atoms. The fourth-order valence-corrected chi connectivity index (χ4v) is 1.97. The van der Waals surface area contributed by atoms with E-state index in [1.165, 1.54) is 0 Å². The number of aryl methyl sites for hydroxylation is 1. The van der Waals surface area contributed by atoms with Crippen LogP contribution in [0.2, 0.25) is 0 Å². The molecule has 4 nitrogen and oxygen atoms in total. The molecule has 0 unspecified atom stereocenters. The molecule has 0 amide bonds. The van der Waals surface area contributed by atoms with Gasteiger partial charge in [0.15, 0.2) is 0 Å². The van der Waals surface area contributed by atoms with Crippen molar-refractivity contribution in [3.05, 3.63) is 18.0 Å². The molecule has 1 aliphatic rings. The highest BCUT2D eigenvalue weighted by Crippen LogP contribution is 2.18. The van der Waals surface area contributed by atoms with Crippen molar-refractivity contribution in [3.8, 4) is 0 Å². The quantitative estimate of drug-likeness (QED) is 0.735. The monoisotopic (exact) mass is 195 g/mol. The van der Waals surface area contributed by atoms with Crippen molar-refractivity contribution < 1.29 is 5.11 Å². The van der Waals surface area contributed by atoms with Gasteiger partial charge in [0.25, 0.3) is 0 Å². The molecule has 2 N–H and O–H groups in total. The van der Waals surface area contributed by atoms with Crippen molar-refractivity contribution in [2.24, 2.45) is 7.05 Å². The molecule has 2 rings (SSSR count). The molecule has 0 radical (unpaired) electrons. The first-order chi connectivity index (χ1) is 6.75. The van der Waals surface area contributed by atoms with Crippen molar-refractivity contribution in [1.82, 2.24) is 15.1 Å². The molecule has 1 aliphatic carbocycles. The molecule has 2 atom stereocenters. The number of nitrogens with zero attached hydrogens (tertiary/aromatic N) is 2. The summed E-state index contributed by atoms with van der Waals surface area (Å²) < 4.78 is 1.79. The van der Waals surface area contributed by atoms with Crippen LogP contribution in [0.5, 0.6) is 0 Å². The van der Waals surface area contributed by atoms with Gasteiger partial charge in [-0.2, -0.15) is 5.10 Å². The number of aliphatic hydroxyl groups excluding tert-OH is 1. The second kappa shape index (κ2) is 4.11. The summed E-state index contributed by atoms with van der Waals surface area (Å²) in [6.45, 7) is 0.753. The molecular formula is C10H17N3O. The van der Waals surface area contributed by atoms with E-state index >= 15 is 0 Å². The second-order valence-electron chi connectivity index (χ2n) is 3.97. The van der Waals surface area contributed by atoms with E-state index in [1.807, 2.05) is 19.3 Å². The third-order valence-electron chi connectivity index (χ3n) is 2.79. The van der Waals surface area contributed by atoms with E-state index in [4.69, 9.17) is 0 Å². The maximum absolute atomic E-state index is 9.58. The van der Waals surface area contributed by atoms with Crippen LogP contribution in [0.25, 0.3) is 0 Å². The van der Waals surface area contributed by atoms with E-state index in [2.05, 4.69) is 10.4 Å². The Morgan fingerprint density at radius 3 is 3.07 bits per heavy atom. The predicted molar refractivity (Wildman–Crippen MR) is 53.7 cm³/mol. The number of nitrogens with one attached hydrogen (secondary N) is 1. The van der Waals surface area contributed by atoms with Gasteiger partial charge in [-0.05, 0) is 25.3 Å². The maximum Gasteiger partial charge on any atom is 0.0762 e. The van der Waals surface area contributed by atoms with Gasteiger partial charge in [-0.3, -0.25) is 4.68 Å². The molecular weight excluding hydrogens is 178 g/mol. The number of hydrogen-bond donors (Lipinski definition) is 2. The molecule has 1 aromatic rings. The fraction of sp³-hybridized carbons (Fsp3) is 0.700. The van der Waals surface area contributed by atoms with Crippen LogP contribution in [0.15, 0.2) is 12.3 Å². The minimum atomic E-state index is -0.168. The van der Waals surface area contributed by atoms with Gasteiger partial charge in [-0.25, -0.2) is 0 Å². The van der Waals surface area contributed by atoms with Gasteiger partial charge >= 0.3 is 0 Å². The highest BCUT2D eigenvalue weighted by molar-refractivity contribution is 4.99. The average Bonchev–Trinajstić information content (AvgIpc) is 2.72. The van der Waals surface area contributed by atoms with E-state index in [1.54, 1.807) is 4.68 Å². The first-order valence-electron chi connectivity index (χ1n) is 5.15. The zero-order valence-corrected chi connectivity index (χ0v) is 8.48. The summed E-state index contributed by atoms with van der Waals surface area (Å²) in [5.74, 6) is 0. The first-order valence-corrected chi connectivity index (χ1v) is 5.15. The third-order valence-corrected chi connectivity index (χ3v) is 2.79. The minimum Gasteiger partial charge on any atom is -0.392 e. The van der Waals surface area contributed by atoms with Crippen LogP contribution in [0.4, 0.5) is 0 Å². The van der Waals surface area contributed by atoms with Gasteiger partial charge in [0.2, 0.25) is 0 Å². The molecule has 1 aromatic heterocycles. The van der Waals surface area contributed by atoms with Crippen molar-refractivity contribution in [2.75, 3.05) is 0 Å². The molecule has 0 aromatic carbocycles. The SMILES string of the molecule is Cn1ccc(CN[C@@H]2CCC[C@H]2O)n1. The molecule has 78 valence electrons. The minimum absolute atomic E-state index is 0.168. The van der Waals surface area contributed by atoms with E-state index in [9.17, 15) is 5.11 Å². The predicted octanol–water partition coefficient (Wildman–Crippen LogP) is 0.423.